The second-order valence-electron chi connectivity index (χ2n) is 6.26. The number of non-ortho nitro benzene ring substituents is 1. The van der Waals surface area contributed by atoms with Gasteiger partial charge in [-0.1, -0.05) is 30.3 Å². The van der Waals surface area contributed by atoms with Crippen LogP contribution in [0.5, 0.6) is 0 Å². The van der Waals surface area contributed by atoms with Gasteiger partial charge in [0.15, 0.2) is 11.6 Å². The highest BCUT2D eigenvalue weighted by Gasteiger charge is 2.20. The van der Waals surface area contributed by atoms with Crippen molar-refractivity contribution in [3.05, 3.63) is 89.0 Å². The molecule has 0 aliphatic heterocycles. The number of para-hydroxylation sites is 3. The average Bonchev–Trinajstić information content (AvgIpc) is 2.75. The molecule has 0 radical (unpaired) electrons. The van der Waals surface area contributed by atoms with Crippen LogP contribution in [-0.4, -0.2) is 23.3 Å². The van der Waals surface area contributed by atoms with Gasteiger partial charge in [0.1, 0.15) is 0 Å². The zero-order valence-corrected chi connectivity index (χ0v) is 16.2. The maximum Gasteiger partial charge on any atom is 0.269 e. The van der Waals surface area contributed by atoms with Crippen LogP contribution in [0, 0.1) is 10.1 Å². The molecular formula is C20H15N5O4S. The van der Waals surface area contributed by atoms with E-state index in [4.69, 9.17) is 0 Å². The summed E-state index contributed by atoms with van der Waals surface area (Å²) < 4.78 is 28.1. The van der Waals surface area contributed by atoms with E-state index < -0.39 is 14.9 Å². The minimum atomic E-state index is -4.05. The minimum absolute atomic E-state index is 0.0101. The van der Waals surface area contributed by atoms with E-state index in [0.717, 1.165) is 12.1 Å². The summed E-state index contributed by atoms with van der Waals surface area (Å²) in [5, 5.41) is 13.9. The van der Waals surface area contributed by atoms with Crippen molar-refractivity contribution in [2.75, 3.05) is 10.0 Å². The van der Waals surface area contributed by atoms with E-state index in [-0.39, 0.29) is 22.2 Å². The molecule has 9 nitrogen and oxygen atoms in total. The van der Waals surface area contributed by atoms with Crippen LogP contribution in [0.1, 0.15) is 0 Å². The van der Waals surface area contributed by atoms with Gasteiger partial charge < -0.3 is 5.32 Å². The van der Waals surface area contributed by atoms with Crippen LogP contribution in [0.4, 0.5) is 23.0 Å². The molecule has 0 saturated carbocycles. The molecule has 1 aromatic heterocycles. The third kappa shape index (κ3) is 4.03. The zero-order chi connectivity index (χ0) is 21.1. The maximum absolute atomic E-state index is 12.8. The molecule has 0 bridgehead atoms. The molecule has 1 heterocycles. The highest BCUT2D eigenvalue weighted by molar-refractivity contribution is 7.92. The smallest absolute Gasteiger partial charge is 0.269 e. The largest absolute Gasteiger partial charge is 0.337 e. The summed E-state index contributed by atoms with van der Waals surface area (Å²) in [5.74, 6) is 0.237. The minimum Gasteiger partial charge on any atom is -0.337 e. The molecule has 0 unspecified atom stereocenters. The molecule has 0 aliphatic rings. The summed E-state index contributed by atoms with van der Waals surface area (Å²) in [6.45, 7) is 0. The Morgan fingerprint density at radius 1 is 0.767 bits per heavy atom. The van der Waals surface area contributed by atoms with Gasteiger partial charge in [-0.3, -0.25) is 14.8 Å². The van der Waals surface area contributed by atoms with Crippen molar-refractivity contribution in [3.63, 3.8) is 0 Å². The van der Waals surface area contributed by atoms with Gasteiger partial charge in [-0.25, -0.2) is 18.4 Å². The predicted molar refractivity (Wildman–Crippen MR) is 113 cm³/mol. The van der Waals surface area contributed by atoms with Gasteiger partial charge in [0.2, 0.25) is 0 Å². The molecule has 0 atom stereocenters. The Bertz CT molecular complexity index is 1330. The number of nitrogens with zero attached hydrogens (tertiary/aromatic N) is 3. The first-order valence-corrected chi connectivity index (χ1v) is 10.3. The molecule has 150 valence electrons. The second-order valence-corrected chi connectivity index (χ2v) is 7.94. The Morgan fingerprint density at radius 3 is 1.93 bits per heavy atom. The number of hydrogen-bond donors (Lipinski definition) is 2. The molecule has 4 aromatic rings. The lowest BCUT2D eigenvalue weighted by Gasteiger charge is -2.14. The topological polar surface area (TPSA) is 127 Å². The number of rotatable bonds is 6. The average molecular weight is 421 g/mol. The van der Waals surface area contributed by atoms with Crippen molar-refractivity contribution < 1.29 is 13.3 Å². The lowest BCUT2D eigenvalue weighted by atomic mass is 10.3. The van der Waals surface area contributed by atoms with Crippen LogP contribution < -0.4 is 10.0 Å². The van der Waals surface area contributed by atoms with Gasteiger partial charge in [-0.05, 0) is 36.4 Å². The maximum atomic E-state index is 12.8. The highest BCUT2D eigenvalue weighted by Crippen LogP contribution is 2.27. The SMILES string of the molecule is O=[N+]([O-])c1ccc(S(=O)(=O)Nc2nc3ccccc3nc2Nc2ccccc2)cc1. The number of aromatic nitrogens is 2. The van der Waals surface area contributed by atoms with Crippen LogP contribution in [0.15, 0.2) is 83.8 Å². The molecule has 0 aliphatic carbocycles. The summed E-state index contributed by atoms with van der Waals surface area (Å²) in [5.41, 5.74) is 1.61. The van der Waals surface area contributed by atoms with Gasteiger partial charge in [-0.15, -0.1) is 0 Å². The van der Waals surface area contributed by atoms with E-state index in [1.165, 1.54) is 12.1 Å². The Balaban J connectivity index is 1.74. The third-order valence-electron chi connectivity index (χ3n) is 4.20. The van der Waals surface area contributed by atoms with E-state index in [0.29, 0.717) is 16.7 Å². The predicted octanol–water partition coefficient (Wildman–Crippen LogP) is 4.08. The van der Waals surface area contributed by atoms with Crippen LogP contribution in [0.3, 0.4) is 0 Å². The number of nitrogens with one attached hydrogen (secondary N) is 2. The Hall–Kier alpha value is -4.05. The number of fused-ring (bicyclic) bond motifs is 1. The Labute approximate surface area is 171 Å². The summed E-state index contributed by atoms with van der Waals surface area (Å²) in [4.78, 5) is 19.0. The van der Waals surface area contributed by atoms with Crippen LogP contribution in [0.25, 0.3) is 11.0 Å². The number of benzene rings is 3. The molecule has 4 rings (SSSR count). The van der Waals surface area contributed by atoms with Gasteiger partial charge in [-0.2, -0.15) is 0 Å². The lowest BCUT2D eigenvalue weighted by Crippen LogP contribution is -2.16. The zero-order valence-electron chi connectivity index (χ0n) is 15.4. The molecule has 2 N–H and O–H groups in total. The highest BCUT2D eigenvalue weighted by atomic mass is 32.2. The van der Waals surface area contributed by atoms with Crippen LogP contribution in [-0.2, 0) is 10.0 Å². The number of nitro benzene ring substituents is 1. The van der Waals surface area contributed by atoms with Crippen LogP contribution >= 0.6 is 0 Å². The molecule has 10 heteroatoms. The lowest BCUT2D eigenvalue weighted by molar-refractivity contribution is -0.384. The van der Waals surface area contributed by atoms with Crippen LogP contribution in [0.2, 0.25) is 0 Å². The number of sulfonamides is 1. The van der Waals surface area contributed by atoms with E-state index in [9.17, 15) is 18.5 Å². The van der Waals surface area contributed by atoms with Crippen molar-refractivity contribution >= 4 is 44.1 Å². The summed E-state index contributed by atoms with van der Waals surface area (Å²) in [6.07, 6.45) is 0. The normalized spacial score (nSPS) is 11.2. The van der Waals surface area contributed by atoms with E-state index in [1.807, 2.05) is 36.4 Å². The van der Waals surface area contributed by atoms with Crippen molar-refractivity contribution in [3.8, 4) is 0 Å². The number of hydrogen-bond acceptors (Lipinski definition) is 7. The van der Waals surface area contributed by atoms with E-state index >= 15 is 0 Å². The quantitative estimate of drug-likeness (QED) is 0.355. The summed E-state index contributed by atoms with van der Waals surface area (Å²) >= 11 is 0. The van der Waals surface area contributed by atoms with Crippen molar-refractivity contribution in [1.29, 1.82) is 0 Å². The van der Waals surface area contributed by atoms with Crippen molar-refractivity contribution in [2.24, 2.45) is 0 Å². The van der Waals surface area contributed by atoms with Gasteiger partial charge in [0.25, 0.3) is 15.7 Å². The Morgan fingerprint density at radius 2 is 1.33 bits per heavy atom. The molecule has 0 saturated heterocycles. The van der Waals surface area contributed by atoms with Crippen molar-refractivity contribution in [1.82, 2.24) is 9.97 Å². The molecule has 3 aromatic carbocycles. The standard InChI is InChI=1S/C20H15N5O4S/c26-25(27)15-10-12-16(13-11-15)30(28,29)24-20-19(21-14-6-2-1-3-7-14)22-17-8-4-5-9-18(17)23-20/h1-13H,(H,21,22)(H,23,24). The monoisotopic (exact) mass is 421 g/mol. The number of nitro groups is 1. The summed E-state index contributed by atoms with van der Waals surface area (Å²) in [7, 11) is -4.05. The molecule has 0 spiro atoms. The fourth-order valence-corrected chi connectivity index (χ4v) is 3.76. The van der Waals surface area contributed by atoms with Gasteiger partial charge >= 0.3 is 0 Å². The molecular weight excluding hydrogens is 406 g/mol. The van der Waals surface area contributed by atoms with E-state index in [1.54, 1.807) is 18.2 Å². The first kappa shape index (κ1) is 19.3. The van der Waals surface area contributed by atoms with Gasteiger partial charge in [0, 0.05) is 17.8 Å². The third-order valence-corrected chi connectivity index (χ3v) is 5.55. The van der Waals surface area contributed by atoms with Gasteiger partial charge in [0.05, 0.1) is 20.9 Å². The Kier molecular flexibility index (Phi) is 4.98. The fourth-order valence-electron chi connectivity index (χ4n) is 2.75. The number of anilines is 3. The first-order valence-electron chi connectivity index (χ1n) is 8.78. The fraction of sp³-hybridized carbons (Fsp3) is 0. The van der Waals surface area contributed by atoms with E-state index in [2.05, 4.69) is 20.0 Å². The first-order chi connectivity index (χ1) is 14.4. The second kappa shape index (κ2) is 7.76. The summed E-state index contributed by atoms with van der Waals surface area (Å²) in [6, 6.07) is 20.8. The molecule has 30 heavy (non-hydrogen) atoms. The molecule has 0 fully saturated rings. The molecule has 0 amide bonds. The van der Waals surface area contributed by atoms with Crippen molar-refractivity contribution in [2.45, 2.75) is 4.90 Å².